The summed E-state index contributed by atoms with van der Waals surface area (Å²) in [6.45, 7) is 2.11. The largest absolute Gasteiger partial charge is 0.497 e. The molecule has 2 rings (SSSR count). The average Bonchev–Trinajstić information content (AvgIpc) is 2.50. The minimum absolute atomic E-state index is 0.594. The molecule has 0 radical (unpaired) electrons. The van der Waals surface area contributed by atoms with Crippen molar-refractivity contribution in [2.45, 2.75) is 19.8 Å². The summed E-state index contributed by atoms with van der Waals surface area (Å²) in [5.74, 6) is 2.93. The molecule has 0 saturated heterocycles. The van der Waals surface area contributed by atoms with E-state index in [9.17, 15) is 0 Å². The number of aromatic nitrogens is 2. The van der Waals surface area contributed by atoms with Gasteiger partial charge in [-0.2, -0.15) is 0 Å². The summed E-state index contributed by atoms with van der Waals surface area (Å²) in [4.78, 5) is 8.46. The number of hydrogen-bond donors (Lipinski definition) is 1. The number of rotatable bonds is 6. The number of ether oxygens (including phenoxy) is 2. The lowest BCUT2D eigenvalue weighted by molar-refractivity contribution is 0.411. The van der Waals surface area contributed by atoms with Gasteiger partial charge in [-0.25, -0.2) is 9.97 Å². The molecule has 0 bridgehead atoms. The molecule has 1 N–H and O–H groups in total. The van der Waals surface area contributed by atoms with Crippen LogP contribution in [-0.4, -0.2) is 24.1 Å². The number of hydrogen-bond acceptors (Lipinski definition) is 5. The van der Waals surface area contributed by atoms with Crippen LogP contribution in [0.4, 0.5) is 5.82 Å². The van der Waals surface area contributed by atoms with Crippen LogP contribution in [0.15, 0.2) is 30.6 Å². The third kappa shape index (κ3) is 3.17. The lowest BCUT2D eigenvalue weighted by Gasteiger charge is -2.12. The van der Waals surface area contributed by atoms with Gasteiger partial charge in [0, 0.05) is 7.05 Å². The van der Waals surface area contributed by atoms with E-state index in [1.54, 1.807) is 7.11 Å². The Balaban J connectivity index is 2.27. The summed E-state index contributed by atoms with van der Waals surface area (Å²) < 4.78 is 11.0. The van der Waals surface area contributed by atoms with Gasteiger partial charge < -0.3 is 14.8 Å². The molecule has 0 saturated carbocycles. The van der Waals surface area contributed by atoms with Gasteiger partial charge in [0.15, 0.2) is 0 Å². The van der Waals surface area contributed by atoms with Gasteiger partial charge in [-0.1, -0.05) is 13.3 Å². The van der Waals surface area contributed by atoms with Gasteiger partial charge in [0.2, 0.25) is 5.88 Å². The molecule has 2 aromatic rings. The van der Waals surface area contributed by atoms with E-state index in [0.717, 1.165) is 35.7 Å². The Hall–Kier alpha value is -2.30. The van der Waals surface area contributed by atoms with Crippen LogP contribution in [0.2, 0.25) is 0 Å². The van der Waals surface area contributed by atoms with Crippen LogP contribution < -0.4 is 14.8 Å². The van der Waals surface area contributed by atoms with Gasteiger partial charge in [0.05, 0.1) is 12.7 Å². The molecule has 0 aliphatic heterocycles. The molecular formula is C15H19N3O2. The molecule has 0 aliphatic rings. The average molecular weight is 273 g/mol. The van der Waals surface area contributed by atoms with Gasteiger partial charge in [-0.15, -0.1) is 0 Å². The summed E-state index contributed by atoms with van der Waals surface area (Å²) in [6.07, 6.45) is 3.37. The van der Waals surface area contributed by atoms with Crippen LogP contribution >= 0.6 is 0 Å². The molecule has 0 aliphatic carbocycles. The van der Waals surface area contributed by atoms with Gasteiger partial charge in [-0.05, 0) is 30.7 Å². The second-order valence-electron chi connectivity index (χ2n) is 4.28. The van der Waals surface area contributed by atoms with Crippen molar-refractivity contribution in [2.24, 2.45) is 0 Å². The zero-order chi connectivity index (χ0) is 14.4. The highest BCUT2D eigenvalue weighted by molar-refractivity contribution is 5.49. The Kier molecular flexibility index (Phi) is 4.76. The Morgan fingerprint density at radius 3 is 2.40 bits per heavy atom. The van der Waals surface area contributed by atoms with E-state index in [2.05, 4.69) is 22.2 Å². The number of methoxy groups -OCH3 is 1. The highest BCUT2D eigenvalue weighted by atomic mass is 16.5. The molecule has 1 heterocycles. The van der Waals surface area contributed by atoms with Crippen molar-refractivity contribution >= 4 is 5.82 Å². The maximum Gasteiger partial charge on any atom is 0.227 e. The summed E-state index contributed by atoms with van der Waals surface area (Å²) in [7, 11) is 3.48. The van der Waals surface area contributed by atoms with Crippen molar-refractivity contribution in [2.75, 3.05) is 19.5 Å². The maximum atomic E-state index is 5.86. The van der Waals surface area contributed by atoms with Crippen LogP contribution in [0.5, 0.6) is 17.4 Å². The Morgan fingerprint density at radius 2 is 1.80 bits per heavy atom. The standard InChI is InChI=1S/C15H19N3O2/c1-4-5-13-14(16-2)17-10-18-15(13)20-12-8-6-11(19-3)7-9-12/h6-10H,4-5H2,1-3H3,(H,16,17,18). The highest BCUT2D eigenvalue weighted by Gasteiger charge is 2.11. The monoisotopic (exact) mass is 273 g/mol. The van der Waals surface area contributed by atoms with E-state index in [-0.39, 0.29) is 0 Å². The number of anilines is 1. The molecule has 5 heteroatoms. The minimum atomic E-state index is 0.594. The van der Waals surface area contributed by atoms with Crippen molar-refractivity contribution < 1.29 is 9.47 Å². The minimum Gasteiger partial charge on any atom is -0.497 e. The third-order valence-corrected chi connectivity index (χ3v) is 2.92. The molecule has 0 unspecified atom stereocenters. The molecule has 106 valence electrons. The first-order chi connectivity index (χ1) is 9.78. The molecule has 5 nitrogen and oxygen atoms in total. The van der Waals surface area contributed by atoms with Crippen molar-refractivity contribution in [1.82, 2.24) is 9.97 Å². The molecule has 0 amide bonds. The molecule has 0 atom stereocenters. The molecule has 20 heavy (non-hydrogen) atoms. The Labute approximate surface area is 119 Å². The van der Waals surface area contributed by atoms with Crippen LogP contribution in [0.25, 0.3) is 0 Å². The summed E-state index contributed by atoms with van der Waals surface area (Å²) in [6, 6.07) is 7.43. The maximum absolute atomic E-state index is 5.86. The molecule has 1 aromatic heterocycles. The summed E-state index contributed by atoms with van der Waals surface area (Å²) >= 11 is 0. The van der Waals surface area contributed by atoms with Crippen molar-refractivity contribution in [3.63, 3.8) is 0 Å². The van der Waals surface area contributed by atoms with E-state index in [0.29, 0.717) is 5.88 Å². The zero-order valence-corrected chi connectivity index (χ0v) is 12.0. The van der Waals surface area contributed by atoms with Gasteiger partial charge >= 0.3 is 0 Å². The fourth-order valence-corrected chi connectivity index (χ4v) is 1.93. The Morgan fingerprint density at radius 1 is 1.10 bits per heavy atom. The Bertz CT molecular complexity index is 556. The predicted octanol–water partition coefficient (Wildman–Crippen LogP) is 3.27. The normalized spacial score (nSPS) is 10.2. The van der Waals surface area contributed by atoms with E-state index < -0.39 is 0 Å². The van der Waals surface area contributed by atoms with E-state index >= 15 is 0 Å². The van der Waals surface area contributed by atoms with Crippen LogP contribution in [0.3, 0.4) is 0 Å². The van der Waals surface area contributed by atoms with Crippen molar-refractivity contribution in [3.05, 3.63) is 36.2 Å². The van der Waals surface area contributed by atoms with E-state index in [1.165, 1.54) is 6.33 Å². The van der Waals surface area contributed by atoms with Crippen molar-refractivity contribution in [3.8, 4) is 17.4 Å². The van der Waals surface area contributed by atoms with E-state index in [1.807, 2.05) is 31.3 Å². The van der Waals surface area contributed by atoms with Crippen LogP contribution in [0.1, 0.15) is 18.9 Å². The molecule has 0 spiro atoms. The smallest absolute Gasteiger partial charge is 0.227 e. The third-order valence-electron chi connectivity index (χ3n) is 2.92. The van der Waals surface area contributed by atoms with Gasteiger partial charge in [0.1, 0.15) is 23.6 Å². The quantitative estimate of drug-likeness (QED) is 0.875. The predicted molar refractivity (Wildman–Crippen MR) is 78.6 cm³/mol. The first kappa shape index (κ1) is 14.1. The number of nitrogens with zero attached hydrogens (tertiary/aromatic N) is 2. The highest BCUT2D eigenvalue weighted by Crippen LogP contribution is 2.28. The molecule has 0 fully saturated rings. The van der Waals surface area contributed by atoms with Crippen molar-refractivity contribution in [1.29, 1.82) is 0 Å². The summed E-state index contributed by atoms with van der Waals surface area (Å²) in [5.41, 5.74) is 0.994. The number of nitrogens with one attached hydrogen (secondary N) is 1. The molecular weight excluding hydrogens is 254 g/mol. The fraction of sp³-hybridized carbons (Fsp3) is 0.333. The zero-order valence-electron chi connectivity index (χ0n) is 12.0. The van der Waals surface area contributed by atoms with Crippen LogP contribution in [-0.2, 0) is 6.42 Å². The SMILES string of the molecule is CCCc1c(NC)ncnc1Oc1ccc(OC)cc1. The lowest BCUT2D eigenvalue weighted by atomic mass is 10.1. The fourth-order valence-electron chi connectivity index (χ4n) is 1.93. The summed E-state index contributed by atoms with van der Waals surface area (Å²) in [5, 5.41) is 3.07. The van der Waals surface area contributed by atoms with Gasteiger partial charge in [0.25, 0.3) is 0 Å². The van der Waals surface area contributed by atoms with Crippen LogP contribution in [0, 0.1) is 0 Å². The van der Waals surface area contributed by atoms with E-state index in [4.69, 9.17) is 9.47 Å². The second-order valence-corrected chi connectivity index (χ2v) is 4.28. The number of benzene rings is 1. The second kappa shape index (κ2) is 6.75. The first-order valence-corrected chi connectivity index (χ1v) is 6.62. The van der Waals surface area contributed by atoms with Gasteiger partial charge in [-0.3, -0.25) is 0 Å². The topological polar surface area (TPSA) is 56.3 Å². The first-order valence-electron chi connectivity index (χ1n) is 6.62. The lowest BCUT2D eigenvalue weighted by Crippen LogP contribution is -2.03. The molecule has 1 aromatic carbocycles.